The lowest BCUT2D eigenvalue weighted by molar-refractivity contribution is 0.127. The molecular formula is C17H27N3S. The Kier molecular flexibility index (Phi) is 5.73. The molecule has 0 aromatic heterocycles. The van der Waals surface area contributed by atoms with Crippen molar-refractivity contribution in [2.24, 2.45) is 5.73 Å². The highest BCUT2D eigenvalue weighted by molar-refractivity contribution is 7.80. The van der Waals surface area contributed by atoms with Gasteiger partial charge in [-0.1, -0.05) is 31.3 Å². The van der Waals surface area contributed by atoms with Gasteiger partial charge in [-0.05, 0) is 63.6 Å². The maximum absolute atomic E-state index is 5.69. The molecule has 2 rings (SSSR count). The summed E-state index contributed by atoms with van der Waals surface area (Å²) in [7, 11) is 2.24. The summed E-state index contributed by atoms with van der Waals surface area (Å²) in [6.07, 6.45) is 2.54. The first-order valence-corrected chi connectivity index (χ1v) is 8.24. The quantitative estimate of drug-likeness (QED) is 0.848. The van der Waals surface area contributed by atoms with Crippen LogP contribution in [0.3, 0.4) is 0 Å². The number of hydrogen-bond acceptors (Lipinski definition) is 3. The van der Waals surface area contributed by atoms with Crippen LogP contribution in [0.4, 0.5) is 0 Å². The van der Waals surface area contributed by atoms with Crippen molar-refractivity contribution in [1.29, 1.82) is 0 Å². The summed E-state index contributed by atoms with van der Waals surface area (Å²) in [5, 5.41) is 0. The van der Waals surface area contributed by atoms with Gasteiger partial charge < -0.3 is 10.6 Å². The molecule has 0 unspecified atom stereocenters. The second-order valence-electron chi connectivity index (χ2n) is 6.09. The minimum Gasteiger partial charge on any atom is -0.389 e. The molecule has 0 bridgehead atoms. The average Bonchev–Trinajstić information content (AvgIpc) is 2.49. The average molecular weight is 305 g/mol. The molecule has 3 nitrogen and oxygen atoms in total. The molecule has 2 N–H and O–H groups in total. The number of aryl methyl sites for hydroxylation is 1. The second kappa shape index (κ2) is 7.34. The highest BCUT2D eigenvalue weighted by Gasteiger charge is 2.21. The van der Waals surface area contributed by atoms with E-state index < -0.39 is 0 Å². The molecule has 1 aromatic rings. The third-order valence-corrected chi connectivity index (χ3v) is 4.91. The number of likely N-dealkylation sites (tertiary alicyclic amines) is 1. The lowest BCUT2D eigenvalue weighted by atomic mass is 10.0. The molecule has 0 atom stereocenters. The molecule has 1 heterocycles. The van der Waals surface area contributed by atoms with Crippen LogP contribution in [0.25, 0.3) is 0 Å². The summed E-state index contributed by atoms with van der Waals surface area (Å²) in [5.41, 5.74) is 9.30. The standard InChI is InChI=1S/C17H27N3S/c1-4-20-9-7-16(8-10-20)19(3)12-15-6-5-14(17(18)21)11-13(15)2/h5-6,11,16H,4,7-10,12H2,1-3H3,(H2,18,21). The van der Waals surface area contributed by atoms with Gasteiger partial charge in [0.05, 0.1) is 0 Å². The van der Waals surface area contributed by atoms with E-state index in [0.29, 0.717) is 11.0 Å². The van der Waals surface area contributed by atoms with Gasteiger partial charge in [-0.2, -0.15) is 0 Å². The van der Waals surface area contributed by atoms with E-state index in [1.54, 1.807) is 0 Å². The van der Waals surface area contributed by atoms with Crippen molar-refractivity contribution in [3.05, 3.63) is 34.9 Å². The fraction of sp³-hybridized carbons (Fsp3) is 0.588. The van der Waals surface area contributed by atoms with Crippen molar-refractivity contribution in [1.82, 2.24) is 9.80 Å². The Bertz CT molecular complexity index is 493. The number of piperidine rings is 1. The molecule has 4 heteroatoms. The predicted molar refractivity (Wildman–Crippen MR) is 93.7 cm³/mol. The Hall–Kier alpha value is -0.970. The van der Waals surface area contributed by atoms with Gasteiger partial charge in [0.15, 0.2) is 0 Å². The molecule has 0 spiro atoms. The molecule has 1 aliphatic heterocycles. The number of thiocarbonyl (C=S) groups is 1. The van der Waals surface area contributed by atoms with Gasteiger partial charge in [0, 0.05) is 18.2 Å². The molecule has 21 heavy (non-hydrogen) atoms. The first-order chi connectivity index (χ1) is 10.0. The highest BCUT2D eigenvalue weighted by atomic mass is 32.1. The van der Waals surface area contributed by atoms with Crippen LogP contribution in [0, 0.1) is 6.92 Å². The first kappa shape index (κ1) is 16.4. The van der Waals surface area contributed by atoms with Crippen LogP contribution in [-0.4, -0.2) is 47.5 Å². The topological polar surface area (TPSA) is 32.5 Å². The molecule has 0 saturated carbocycles. The zero-order valence-electron chi connectivity index (χ0n) is 13.4. The van der Waals surface area contributed by atoms with Gasteiger partial charge in [0.1, 0.15) is 4.99 Å². The molecule has 116 valence electrons. The summed E-state index contributed by atoms with van der Waals surface area (Å²) in [4.78, 5) is 5.51. The lowest BCUT2D eigenvalue weighted by Gasteiger charge is -2.36. The first-order valence-electron chi connectivity index (χ1n) is 7.83. The van der Waals surface area contributed by atoms with Crippen molar-refractivity contribution in [3.8, 4) is 0 Å². The third-order valence-electron chi connectivity index (χ3n) is 4.67. The Labute approximate surface area is 134 Å². The lowest BCUT2D eigenvalue weighted by Crippen LogP contribution is -2.42. The van der Waals surface area contributed by atoms with Gasteiger partial charge in [-0.15, -0.1) is 0 Å². The SMILES string of the molecule is CCN1CCC(N(C)Cc2ccc(C(N)=S)cc2C)CC1. The van der Waals surface area contributed by atoms with Gasteiger partial charge in [0.2, 0.25) is 0 Å². The van der Waals surface area contributed by atoms with Gasteiger partial charge in [-0.3, -0.25) is 4.90 Å². The number of hydrogen-bond donors (Lipinski definition) is 1. The largest absolute Gasteiger partial charge is 0.389 e. The summed E-state index contributed by atoms with van der Waals surface area (Å²) in [6, 6.07) is 7.01. The smallest absolute Gasteiger partial charge is 0.103 e. The van der Waals surface area contributed by atoms with E-state index in [1.807, 2.05) is 6.07 Å². The van der Waals surface area contributed by atoms with E-state index in [0.717, 1.165) is 12.1 Å². The van der Waals surface area contributed by atoms with E-state index in [-0.39, 0.29) is 0 Å². The van der Waals surface area contributed by atoms with Crippen molar-refractivity contribution in [2.45, 2.75) is 39.3 Å². The van der Waals surface area contributed by atoms with Crippen LogP contribution in [0.15, 0.2) is 18.2 Å². The molecule has 0 radical (unpaired) electrons. The third kappa shape index (κ3) is 4.25. The molecule has 1 saturated heterocycles. The monoisotopic (exact) mass is 305 g/mol. The van der Waals surface area contributed by atoms with E-state index in [2.05, 4.69) is 42.8 Å². The Morgan fingerprint density at radius 1 is 1.38 bits per heavy atom. The van der Waals surface area contributed by atoms with Gasteiger partial charge >= 0.3 is 0 Å². The fourth-order valence-electron chi connectivity index (χ4n) is 3.10. The minimum atomic E-state index is 0.477. The van der Waals surface area contributed by atoms with Crippen LogP contribution < -0.4 is 5.73 Å². The van der Waals surface area contributed by atoms with Crippen LogP contribution in [0.1, 0.15) is 36.5 Å². The Morgan fingerprint density at radius 2 is 2.05 bits per heavy atom. The van der Waals surface area contributed by atoms with Crippen LogP contribution in [-0.2, 0) is 6.54 Å². The zero-order chi connectivity index (χ0) is 15.4. The molecule has 0 amide bonds. The van der Waals surface area contributed by atoms with E-state index in [4.69, 9.17) is 18.0 Å². The summed E-state index contributed by atoms with van der Waals surface area (Å²) in [5.74, 6) is 0. The van der Waals surface area contributed by atoms with Crippen molar-refractivity contribution in [3.63, 3.8) is 0 Å². The van der Waals surface area contributed by atoms with E-state index >= 15 is 0 Å². The van der Waals surface area contributed by atoms with Crippen LogP contribution in [0.5, 0.6) is 0 Å². The van der Waals surface area contributed by atoms with Crippen molar-refractivity contribution >= 4 is 17.2 Å². The summed E-state index contributed by atoms with van der Waals surface area (Å²) in [6.45, 7) is 9.02. The second-order valence-corrected chi connectivity index (χ2v) is 6.53. The van der Waals surface area contributed by atoms with Gasteiger partial charge in [0.25, 0.3) is 0 Å². The zero-order valence-corrected chi connectivity index (χ0v) is 14.2. The number of nitrogens with two attached hydrogens (primary N) is 1. The van der Waals surface area contributed by atoms with E-state index in [9.17, 15) is 0 Å². The highest BCUT2D eigenvalue weighted by Crippen LogP contribution is 2.19. The maximum atomic E-state index is 5.69. The molecule has 0 aliphatic carbocycles. The summed E-state index contributed by atoms with van der Waals surface area (Å²) >= 11 is 5.04. The number of nitrogens with zero attached hydrogens (tertiary/aromatic N) is 2. The van der Waals surface area contributed by atoms with Gasteiger partial charge in [-0.25, -0.2) is 0 Å². The van der Waals surface area contributed by atoms with Crippen molar-refractivity contribution < 1.29 is 0 Å². The van der Waals surface area contributed by atoms with Crippen LogP contribution in [0.2, 0.25) is 0 Å². The summed E-state index contributed by atoms with van der Waals surface area (Å²) < 4.78 is 0. The normalized spacial score (nSPS) is 17.3. The van der Waals surface area contributed by atoms with Crippen LogP contribution >= 0.6 is 12.2 Å². The van der Waals surface area contributed by atoms with E-state index in [1.165, 1.54) is 43.6 Å². The minimum absolute atomic E-state index is 0.477. The van der Waals surface area contributed by atoms with Crippen molar-refractivity contribution in [2.75, 3.05) is 26.7 Å². The molecule has 1 aromatic carbocycles. The molecular weight excluding hydrogens is 278 g/mol. The number of rotatable bonds is 5. The molecule has 1 aliphatic rings. The number of benzene rings is 1. The Balaban J connectivity index is 1.96. The fourth-order valence-corrected chi connectivity index (χ4v) is 3.23. The maximum Gasteiger partial charge on any atom is 0.103 e. The molecule has 1 fully saturated rings. The predicted octanol–water partition coefficient (Wildman–Crippen LogP) is 2.55. The Morgan fingerprint density at radius 3 is 2.57 bits per heavy atom.